The van der Waals surface area contributed by atoms with Gasteiger partial charge in [-0.05, 0) is 29.6 Å². The first kappa shape index (κ1) is 14.3. The standard InChI is InChI=1S/C19H20O/c1-3-15(2)18(16-10-6-4-7-11-16)14-19(20)17-12-8-5-9-13-17/h4-15H,3H2,1-2H3/b18-14+. The fourth-order valence-corrected chi connectivity index (χ4v) is 2.19. The van der Waals surface area contributed by atoms with E-state index in [1.165, 1.54) is 0 Å². The zero-order chi connectivity index (χ0) is 14.4. The Balaban J connectivity index is 2.37. The van der Waals surface area contributed by atoms with Gasteiger partial charge in [-0.1, -0.05) is 74.5 Å². The number of rotatable bonds is 5. The number of benzene rings is 2. The van der Waals surface area contributed by atoms with Gasteiger partial charge in [0.25, 0.3) is 0 Å². The van der Waals surface area contributed by atoms with Gasteiger partial charge in [0.15, 0.2) is 5.78 Å². The molecule has 0 fully saturated rings. The van der Waals surface area contributed by atoms with Crippen molar-refractivity contribution in [1.29, 1.82) is 0 Å². The molecule has 1 heteroatoms. The summed E-state index contributed by atoms with van der Waals surface area (Å²) in [5.74, 6) is 0.440. The van der Waals surface area contributed by atoms with Crippen LogP contribution < -0.4 is 0 Å². The second-order valence-electron chi connectivity index (χ2n) is 5.01. The molecule has 0 aliphatic rings. The molecule has 20 heavy (non-hydrogen) atoms. The van der Waals surface area contributed by atoms with Crippen molar-refractivity contribution in [3.8, 4) is 0 Å². The lowest BCUT2D eigenvalue weighted by atomic mass is 9.90. The Morgan fingerprint density at radius 1 is 0.950 bits per heavy atom. The fourth-order valence-electron chi connectivity index (χ4n) is 2.19. The summed E-state index contributed by atoms with van der Waals surface area (Å²) in [5, 5.41) is 0. The van der Waals surface area contributed by atoms with Gasteiger partial charge in [0, 0.05) is 5.56 Å². The summed E-state index contributed by atoms with van der Waals surface area (Å²) in [6, 6.07) is 19.6. The number of hydrogen-bond donors (Lipinski definition) is 0. The van der Waals surface area contributed by atoms with Crippen LogP contribution in [0, 0.1) is 5.92 Å². The van der Waals surface area contributed by atoms with Crippen molar-refractivity contribution in [2.45, 2.75) is 20.3 Å². The summed E-state index contributed by atoms with van der Waals surface area (Å²) in [5.41, 5.74) is 2.98. The Morgan fingerprint density at radius 3 is 1.95 bits per heavy atom. The molecule has 1 unspecified atom stereocenters. The van der Waals surface area contributed by atoms with Crippen LogP contribution >= 0.6 is 0 Å². The van der Waals surface area contributed by atoms with Crippen molar-refractivity contribution in [1.82, 2.24) is 0 Å². The monoisotopic (exact) mass is 264 g/mol. The summed E-state index contributed by atoms with van der Waals surface area (Å²) in [6.07, 6.45) is 2.81. The molecule has 0 saturated carbocycles. The minimum Gasteiger partial charge on any atom is -0.289 e. The van der Waals surface area contributed by atoms with E-state index in [0.29, 0.717) is 5.92 Å². The van der Waals surface area contributed by atoms with Crippen molar-refractivity contribution in [2.24, 2.45) is 5.92 Å². The van der Waals surface area contributed by atoms with E-state index in [4.69, 9.17) is 0 Å². The predicted molar refractivity (Wildman–Crippen MR) is 84.6 cm³/mol. The molecule has 0 spiro atoms. The number of ketones is 1. The quantitative estimate of drug-likeness (QED) is 0.548. The SMILES string of the molecule is CCC(C)/C(=C\C(=O)c1ccccc1)c1ccccc1. The topological polar surface area (TPSA) is 17.1 Å². The predicted octanol–water partition coefficient (Wildman–Crippen LogP) is 5.00. The van der Waals surface area contributed by atoms with Gasteiger partial charge in [-0.3, -0.25) is 4.79 Å². The van der Waals surface area contributed by atoms with Crippen LogP contribution in [-0.4, -0.2) is 5.78 Å². The maximum atomic E-state index is 12.4. The van der Waals surface area contributed by atoms with Gasteiger partial charge >= 0.3 is 0 Å². The van der Waals surface area contributed by atoms with Crippen molar-refractivity contribution in [2.75, 3.05) is 0 Å². The third-order valence-corrected chi connectivity index (χ3v) is 3.60. The molecule has 0 aliphatic heterocycles. The Morgan fingerprint density at radius 2 is 1.45 bits per heavy atom. The van der Waals surface area contributed by atoms with E-state index >= 15 is 0 Å². The molecule has 2 aromatic carbocycles. The van der Waals surface area contributed by atoms with Crippen LogP contribution in [0.1, 0.15) is 36.2 Å². The van der Waals surface area contributed by atoms with Crippen LogP contribution in [0.5, 0.6) is 0 Å². The summed E-state index contributed by atoms with van der Waals surface area (Å²) in [4.78, 5) is 12.4. The molecule has 0 aliphatic carbocycles. The van der Waals surface area contributed by atoms with Gasteiger partial charge < -0.3 is 0 Å². The van der Waals surface area contributed by atoms with Crippen molar-refractivity contribution >= 4 is 11.4 Å². The molecule has 0 heterocycles. The molecule has 0 radical (unpaired) electrons. The van der Waals surface area contributed by atoms with E-state index in [9.17, 15) is 4.79 Å². The lowest BCUT2D eigenvalue weighted by Crippen LogP contribution is -2.02. The normalized spacial score (nSPS) is 13.0. The van der Waals surface area contributed by atoms with Gasteiger partial charge in [-0.15, -0.1) is 0 Å². The van der Waals surface area contributed by atoms with E-state index in [-0.39, 0.29) is 5.78 Å². The van der Waals surface area contributed by atoms with Crippen molar-refractivity contribution in [3.63, 3.8) is 0 Å². The summed E-state index contributed by atoms with van der Waals surface area (Å²) in [6.45, 7) is 4.31. The first-order valence-electron chi connectivity index (χ1n) is 7.08. The Hall–Kier alpha value is -2.15. The van der Waals surface area contributed by atoms with E-state index in [1.807, 2.05) is 48.5 Å². The Kier molecular flexibility index (Phi) is 4.89. The number of carbonyl (C=O) groups excluding carboxylic acids is 1. The highest BCUT2D eigenvalue weighted by molar-refractivity contribution is 6.08. The average molecular weight is 264 g/mol. The summed E-state index contributed by atoms with van der Waals surface area (Å²) < 4.78 is 0. The highest BCUT2D eigenvalue weighted by Crippen LogP contribution is 2.26. The first-order chi connectivity index (χ1) is 9.72. The van der Waals surface area contributed by atoms with Crippen LogP contribution in [0.25, 0.3) is 5.57 Å². The van der Waals surface area contributed by atoms with E-state index < -0.39 is 0 Å². The molecule has 0 aromatic heterocycles. The Labute approximate surface area is 121 Å². The van der Waals surface area contributed by atoms with Crippen LogP contribution in [0.3, 0.4) is 0 Å². The second kappa shape index (κ2) is 6.85. The number of allylic oxidation sites excluding steroid dienone is 2. The van der Waals surface area contributed by atoms with Crippen LogP contribution in [-0.2, 0) is 0 Å². The smallest absolute Gasteiger partial charge is 0.186 e. The fraction of sp³-hybridized carbons (Fsp3) is 0.211. The third kappa shape index (κ3) is 3.45. The molecular weight excluding hydrogens is 244 g/mol. The van der Waals surface area contributed by atoms with Gasteiger partial charge in [-0.25, -0.2) is 0 Å². The average Bonchev–Trinajstić information content (AvgIpc) is 2.53. The molecule has 0 bridgehead atoms. The molecule has 0 saturated heterocycles. The van der Waals surface area contributed by atoms with Crippen molar-refractivity contribution in [3.05, 3.63) is 77.9 Å². The van der Waals surface area contributed by atoms with Crippen LogP contribution in [0.2, 0.25) is 0 Å². The highest BCUT2D eigenvalue weighted by atomic mass is 16.1. The van der Waals surface area contributed by atoms with Crippen LogP contribution in [0.4, 0.5) is 0 Å². The molecule has 2 rings (SSSR count). The van der Waals surface area contributed by atoms with Crippen LogP contribution in [0.15, 0.2) is 66.7 Å². The lowest BCUT2D eigenvalue weighted by Gasteiger charge is -2.14. The second-order valence-corrected chi connectivity index (χ2v) is 5.01. The van der Waals surface area contributed by atoms with Gasteiger partial charge in [0.05, 0.1) is 0 Å². The molecule has 102 valence electrons. The number of carbonyl (C=O) groups is 1. The largest absolute Gasteiger partial charge is 0.289 e. The lowest BCUT2D eigenvalue weighted by molar-refractivity contribution is 0.104. The summed E-state index contributed by atoms with van der Waals surface area (Å²) in [7, 11) is 0. The zero-order valence-corrected chi connectivity index (χ0v) is 12.0. The zero-order valence-electron chi connectivity index (χ0n) is 12.0. The van der Waals surface area contributed by atoms with Gasteiger partial charge in [0.2, 0.25) is 0 Å². The molecule has 0 amide bonds. The van der Waals surface area contributed by atoms with E-state index in [1.54, 1.807) is 6.08 Å². The first-order valence-corrected chi connectivity index (χ1v) is 7.08. The number of hydrogen-bond acceptors (Lipinski definition) is 1. The minimum absolute atomic E-state index is 0.0738. The maximum Gasteiger partial charge on any atom is 0.186 e. The van der Waals surface area contributed by atoms with Gasteiger partial charge in [-0.2, -0.15) is 0 Å². The highest BCUT2D eigenvalue weighted by Gasteiger charge is 2.12. The van der Waals surface area contributed by atoms with Gasteiger partial charge in [0.1, 0.15) is 0 Å². The van der Waals surface area contributed by atoms with E-state index in [0.717, 1.165) is 23.1 Å². The summed E-state index contributed by atoms with van der Waals surface area (Å²) >= 11 is 0. The molecular formula is C19H20O. The maximum absolute atomic E-state index is 12.4. The molecule has 1 atom stereocenters. The van der Waals surface area contributed by atoms with Crippen molar-refractivity contribution < 1.29 is 4.79 Å². The minimum atomic E-state index is 0.0738. The molecule has 0 N–H and O–H groups in total. The Bertz CT molecular complexity index is 582. The third-order valence-electron chi connectivity index (χ3n) is 3.60. The molecule has 1 nitrogen and oxygen atoms in total. The molecule has 2 aromatic rings. The van der Waals surface area contributed by atoms with E-state index in [2.05, 4.69) is 26.0 Å².